The van der Waals surface area contributed by atoms with E-state index in [0.29, 0.717) is 31.1 Å². The number of hydrazone groups is 1. The topological polar surface area (TPSA) is 85.6 Å². The molecular formula is C25H34N4O5. The van der Waals surface area contributed by atoms with Crippen LogP contribution in [0.5, 0.6) is 11.5 Å². The number of carbonyl (C=O) groups excluding carboxylic acids is 2. The van der Waals surface area contributed by atoms with E-state index in [2.05, 4.69) is 0 Å². The summed E-state index contributed by atoms with van der Waals surface area (Å²) < 4.78 is 18.2. The van der Waals surface area contributed by atoms with E-state index in [0.717, 1.165) is 17.0 Å². The van der Waals surface area contributed by atoms with Crippen molar-refractivity contribution in [3.05, 3.63) is 47.8 Å². The number of aromatic nitrogens is 1. The van der Waals surface area contributed by atoms with Crippen LogP contribution < -0.4 is 9.47 Å². The van der Waals surface area contributed by atoms with Crippen molar-refractivity contribution in [2.24, 2.45) is 18.1 Å². The number of benzene rings is 1. The first-order chi connectivity index (χ1) is 16.3. The maximum atomic E-state index is 13.6. The van der Waals surface area contributed by atoms with Gasteiger partial charge in [0.1, 0.15) is 18.0 Å². The van der Waals surface area contributed by atoms with Crippen molar-refractivity contribution in [1.29, 1.82) is 0 Å². The predicted molar refractivity (Wildman–Crippen MR) is 129 cm³/mol. The number of rotatable bonds is 10. The lowest BCUT2D eigenvalue weighted by Crippen LogP contribution is -2.44. The van der Waals surface area contributed by atoms with Crippen molar-refractivity contribution in [2.75, 3.05) is 41.0 Å². The lowest BCUT2D eigenvalue weighted by molar-refractivity contribution is -0.143. The summed E-state index contributed by atoms with van der Waals surface area (Å²) in [6.07, 6.45) is 2.45. The van der Waals surface area contributed by atoms with Crippen molar-refractivity contribution in [3.8, 4) is 11.5 Å². The van der Waals surface area contributed by atoms with Crippen LogP contribution in [0.1, 0.15) is 37.6 Å². The van der Waals surface area contributed by atoms with Crippen LogP contribution in [0.3, 0.4) is 0 Å². The van der Waals surface area contributed by atoms with Crippen molar-refractivity contribution < 1.29 is 23.8 Å². The molecule has 2 aromatic rings. The predicted octanol–water partition coefficient (Wildman–Crippen LogP) is 2.85. The van der Waals surface area contributed by atoms with Gasteiger partial charge in [-0.2, -0.15) is 5.10 Å². The van der Waals surface area contributed by atoms with Gasteiger partial charge in [-0.25, -0.2) is 5.01 Å². The van der Waals surface area contributed by atoms with E-state index in [1.807, 2.05) is 62.0 Å². The second-order valence-electron chi connectivity index (χ2n) is 8.52. The highest BCUT2D eigenvalue weighted by Gasteiger charge is 2.37. The van der Waals surface area contributed by atoms with Crippen molar-refractivity contribution in [3.63, 3.8) is 0 Å². The summed E-state index contributed by atoms with van der Waals surface area (Å²) in [5.74, 6) is 0.685. The number of amides is 2. The average Bonchev–Trinajstić information content (AvgIpc) is 3.46. The molecule has 0 unspecified atom stereocenters. The Kier molecular flexibility index (Phi) is 8.33. The Hall–Kier alpha value is -3.33. The van der Waals surface area contributed by atoms with Gasteiger partial charge in [0.15, 0.2) is 0 Å². The van der Waals surface area contributed by atoms with Gasteiger partial charge in [-0.3, -0.25) is 9.59 Å². The maximum absolute atomic E-state index is 13.6. The average molecular weight is 471 g/mol. The monoisotopic (exact) mass is 470 g/mol. The van der Waals surface area contributed by atoms with E-state index in [9.17, 15) is 9.59 Å². The van der Waals surface area contributed by atoms with Crippen LogP contribution in [0.4, 0.5) is 0 Å². The van der Waals surface area contributed by atoms with E-state index < -0.39 is 6.04 Å². The van der Waals surface area contributed by atoms with Gasteiger partial charge in [-0.1, -0.05) is 13.8 Å². The number of ether oxygens (including phenoxy) is 3. The molecule has 34 heavy (non-hydrogen) atoms. The smallest absolute Gasteiger partial charge is 0.262 e. The zero-order valence-electron chi connectivity index (χ0n) is 20.8. The molecule has 9 heteroatoms. The third kappa shape index (κ3) is 5.41. The number of carbonyl (C=O) groups is 2. The minimum Gasteiger partial charge on any atom is -0.497 e. The van der Waals surface area contributed by atoms with Crippen LogP contribution >= 0.6 is 0 Å². The van der Waals surface area contributed by atoms with Crippen LogP contribution in [0.2, 0.25) is 0 Å². The minimum absolute atomic E-state index is 0.0902. The third-order valence-corrected chi connectivity index (χ3v) is 5.90. The molecule has 1 aromatic heterocycles. The molecule has 2 heterocycles. The fourth-order valence-corrected chi connectivity index (χ4v) is 4.07. The van der Waals surface area contributed by atoms with Crippen molar-refractivity contribution in [2.45, 2.75) is 26.3 Å². The van der Waals surface area contributed by atoms with Crippen LogP contribution in [-0.2, 0) is 21.4 Å². The van der Waals surface area contributed by atoms with E-state index in [1.165, 1.54) is 9.91 Å². The molecule has 1 aliphatic rings. The third-order valence-electron chi connectivity index (χ3n) is 5.90. The Morgan fingerprint density at radius 2 is 1.94 bits per heavy atom. The van der Waals surface area contributed by atoms with Gasteiger partial charge in [-0.15, -0.1) is 0 Å². The molecule has 0 N–H and O–H groups in total. The largest absolute Gasteiger partial charge is 0.497 e. The molecule has 0 spiro atoms. The standard InChI is InChI=1S/C25H34N4O5/c1-17(2)25(31)28(12-13-32-4)16-24(30)29-22(15-20(26-29)21-8-7-11-27(21)3)19-14-18(33-5)9-10-23(19)34-6/h7-11,14,17,22H,12-13,15-16H2,1-6H3/t22-/m0/s1. The van der Waals surface area contributed by atoms with Gasteiger partial charge >= 0.3 is 0 Å². The molecule has 0 saturated heterocycles. The fourth-order valence-electron chi connectivity index (χ4n) is 4.07. The molecule has 0 radical (unpaired) electrons. The summed E-state index contributed by atoms with van der Waals surface area (Å²) in [4.78, 5) is 27.9. The molecule has 184 valence electrons. The zero-order valence-corrected chi connectivity index (χ0v) is 20.8. The Balaban J connectivity index is 1.99. The summed E-state index contributed by atoms with van der Waals surface area (Å²) >= 11 is 0. The zero-order chi connectivity index (χ0) is 24.8. The van der Waals surface area contributed by atoms with E-state index in [4.69, 9.17) is 19.3 Å². The highest BCUT2D eigenvalue weighted by molar-refractivity contribution is 6.02. The van der Waals surface area contributed by atoms with Gasteiger partial charge in [0, 0.05) is 44.8 Å². The molecule has 0 aliphatic carbocycles. The Morgan fingerprint density at radius 3 is 2.53 bits per heavy atom. The van der Waals surface area contributed by atoms with E-state index >= 15 is 0 Å². The second-order valence-corrected chi connectivity index (χ2v) is 8.52. The Bertz CT molecular complexity index is 1050. The minimum atomic E-state index is -0.402. The normalized spacial score (nSPS) is 15.4. The van der Waals surface area contributed by atoms with E-state index in [1.54, 1.807) is 21.3 Å². The highest BCUT2D eigenvalue weighted by atomic mass is 16.5. The van der Waals surface area contributed by atoms with Crippen LogP contribution in [0.15, 0.2) is 41.6 Å². The molecule has 0 bridgehead atoms. The molecule has 0 fully saturated rings. The molecular weight excluding hydrogens is 436 g/mol. The first-order valence-electron chi connectivity index (χ1n) is 11.3. The van der Waals surface area contributed by atoms with Gasteiger partial charge in [0.2, 0.25) is 5.91 Å². The summed E-state index contributed by atoms with van der Waals surface area (Å²) in [6, 6.07) is 9.02. The van der Waals surface area contributed by atoms with E-state index in [-0.39, 0.29) is 24.3 Å². The SMILES string of the molecule is COCCN(CC(=O)N1N=C(c2cccn2C)C[C@H]1c1cc(OC)ccc1OC)C(=O)C(C)C. The molecule has 1 aliphatic heterocycles. The van der Waals surface area contributed by atoms with Crippen LogP contribution in [-0.4, -0.2) is 73.0 Å². The Morgan fingerprint density at radius 1 is 1.18 bits per heavy atom. The fraction of sp³-hybridized carbons (Fsp3) is 0.480. The number of methoxy groups -OCH3 is 3. The first kappa shape index (κ1) is 25.3. The lowest BCUT2D eigenvalue weighted by atomic mass is 9.99. The van der Waals surface area contributed by atoms with Crippen LogP contribution in [0, 0.1) is 5.92 Å². The maximum Gasteiger partial charge on any atom is 0.262 e. The van der Waals surface area contributed by atoms with Crippen molar-refractivity contribution in [1.82, 2.24) is 14.5 Å². The molecule has 1 aromatic carbocycles. The Labute approximate surface area is 200 Å². The molecule has 0 saturated carbocycles. The second kappa shape index (κ2) is 11.2. The molecule has 9 nitrogen and oxygen atoms in total. The van der Waals surface area contributed by atoms with Gasteiger partial charge in [-0.05, 0) is 30.3 Å². The van der Waals surface area contributed by atoms with Gasteiger partial charge in [0.05, 0.1) is 38.3 Å². The number of aryl methyl sites for hydroxylation is 1. The summed E-state index contributed by atoms with van der Waals surface area (Å²) in [6.45, 7) is 4.22. The lowest BCUT2D eigenvalue weighted by Gasteiger charge is -2.28. The summed E-state index contributed by atoms with van der Waals surface area (Å²) in [5, 5.41) is 6.21. The number of hydrogen-bond acceptors (Lipinski definition) is 6. The van der Waals surface area contributed by atoms with Crippen molar-refractivity contribution >= 4 is 17.5 Å². The summed E-state index contributed by atoms with van der Waals surface area (Å²) in [7, 11) is 6.71. The van der Waals surface area contributed by atoms with Gasteiger partial charge < -0.3 is 23.7 Å². The first-order valence-corrected chi connectivity index (χ1v) is 11.3. The molecule has 2 amide bonds. The molecule has 1 atom stereocenters. The van der Waals surface area contributed by atoms with Gasteiger partial charge in [0.25, 0.3) is 5.91 Å². The van der Waals surface area contributed by atoms with Crippen LogP contribution in [0.25, 0.3) is 0 Å². The molecule has 3 rings (SSSR count). The highest BCUT2D eigenvalue weighted by Crippen LogP contribution is 2.39. The number of hydrogen-bond donors (Lipinski definition) is 0. The quantitative estimate of drug-likeness (QED) is 0.533. The summed E-state index contributed by atoms with van der Waals surface area (Å²) in [5.41, 5.74) is 2.51. The number of nitrogens with zero attached hydrogens (tertiary/aromatic N) is 4.